The summed E-state index contributed by atoms with van der Waals surface area (Å²) in [6.45, 7) is 6.53. The normalized spacial score (nSPS) is 17.2. The minimum atomic E-state index is -4.28. The van der Waals surface area contributed by atoms with E-state index in [2.05, 4.69) is 18.4 Å². The summed E-state index contributed by atoms with van der Waals surface area (Å²) < 4.78 is 32.4. The van der Waals surface area contributed by atoms with Gasteiger partial charge in [-0.15, -0.1) is 0 Å². The van der Waals surface area contributed by atoms with E-state index in [0.29, 0.717) is 12.1 Å². The van der Waals surface area contributed by atoms with Crippen LogP contribution in [0.5, 0.6) is 0 Å². The molecule has 7 heteroatoms. The number of piperazine rings is 1. The van der Waals surface area contributed by atoms with Crippen LogP contribution in [0.25, 0.3) is 0 Å². The van der Waals surface area contributed by atoms with Gasteiger partial charge in [-0.3, -0.25) is 0 Å². The number of nitrogens with one attached hydrogen (secondary N) is 1. The molecule has 6 nitrogen and oxygen atoms in total. The fourth-order valence-corrected chi connectivity index (χ4v) is 2.81. The summed E-state index contributed by atoms with van der Waals surface area (Å²) in [5.41, 5.74) is 0.488. The molecule has 0 atom stereocenters. The molecular formula is C14H21N3O3S. The first-order valence-electron chi connectivity index (χ1n) is 6.71. The summed E-state index contributed by atoms with van der Waals surface area (Å²) in [6, 6.07) is 8.32. The molecule has 1 saturated heterocycles. The number of likely N-dealkylation sites (N-methyl/N-ethyl adjacent to an activating group) is 1. The summed E-state index contributed by atoms with van der Waals surface area (Å²) >= 11 is 0. The molecule has 0 spiro atoms. The summed E-state index contributed by atoms with van der Waals surface area (Å²) in [5, 5.41) is 11.8. The molecule has 1 fully saturated rings. The molecular weight excluding hydrogens is 290 g/mol. The van der Waals surface area contributed by atoms with E-state index < -0.39 is 10.1 Å². The lowest BCUT2D eigenvalue weighted by Crippen LogP contribution is -2.56. The van der Waals surface area contributed by atoms with Crippen molar-refractivity contribution in [2.45, 2.75) is 11.8 Å². The maximum absolute atomic E-state index is 10.5. The predicted octanol–water partition coefficient (Wildman–Crippen LogP) is 0.459. The van der Waals surface area contributed by atoms with Crippen molar-refractivity contribution >= 4 is 10.1 Å². The second kappa shape index (κ2) is 7.52. The highest BCUT2D eigenvalue weighted by Gasteiger charge is 2.23. The molecule has 1 aliphatic heterocycles. The maximum atomic E-state index is 10.5. The molecule has 116 valence electrons. The Bertz CT molecular complexity index is 602. The van der Waals surface area contributed by atoms with E-state index in [1.54, 1.807) is 19.1 Å². The Morgan fingerprint density at radius 2 is 1.90 bits per heavy atom. The van der Waals surface area contributed by atoms with Gasteiger partial charge in [0.05, 0.1) is 25.0 Å². The molecule has 1 aliphatic rings. The Morgan fingerprint density at radius 1 is 1.33 bits per heavy atom. The van der Waals surface area contributed by atoms with Crippen molar-refractivity contribution in [3.8, 4) is 6.07 Å². The van der Waals surface area contributed by atoms with Crippen molar-refractivity contribution in [2.75, 3.05) is 39.8 Å². The molecule has 21 heavy (non-hydrogen) atoms. The topological polar surface area (TPSA) is 93.0 Å². The van der Waals surface area contributed by atoms with Crippen LogP contribution < -0.4 is 5.32 Å². The molecule has 0 aromatic heterocycles. The Labute approximate surface area is 126 Å². The Balaban J connectivity index is 0.000000211. The van der Waals surface area contributed by atoms with Gasteiger partial charge in [0.15, 0.2) is 6.54 Å². The Hall–Kier alpha value is -1.46. The number of aryl methyl sites for hydroxylation is 1. The molecule has 0 saturated carbocycles. The van der Waals surface area contributed by atoms with E-state index in [0.717, 1.165) is 30.7 Å². The molecule has 1 N–H and O–H groups in total. The second-order valence-electron chi connectivity index (χ2n) is 5.35. The molecule has 0 amide bonds. The zero-order chi connectivity index (χ0) is 15.9. The van der Waals surface area contributed by atoms with Crippen molar-refractivity contribution < 1.29 is 17.5 Å². The SMILES string of the molecule is C[N+]1(CC#N)CCNCC1.Cc1ccccc1S(=O)(=O)[O-]. The fraction of sp³-hybridized carbons (Fsp3) is 0.500. The molecule has 0 aliphatic carbocycles. The third-order valence-electron chi connectivity index (χ3n) is 3.47. The lowest BCUT2D eigenvalue weighted by atomic mass is 10.2. The summed E-state index contributed by atoms with van der Waals surface area (Å²) in [7, 11) is -2.14. The minimum absolute atomic E-state index is 0.139. The maximum Gasteiger partial charge on any atom is 0.166 e. The standard InChI is InChI=1S/C7H14N3.C7H8O3S/c1-10(5-2-8)6-3-9-4-7-10;1-6-4-2-3-5-7(6)11(8,9)10/h9H,3-7H2,1H3;2-5H,1H3,(H,8,9,10)/q+1;/p-1. The van der Waals surface area contributed by atoms with Crippen LogP contribution in [0.1, 0.15) is 5.56 Å². The van der Waals surface area contributed by atoms with Gasteiger partial charge in [0.1, 0.15) is 16.2 Å². The lowest BCUT2D eigenvalue weighted by molar-refractivity contribution is -0.904. The number of quaternary nitrogens is 1. The van der Waals surface area contributed by atoms with Crippen molar-refractivity contribution in [1.29, 1.82) is 5.26 Å². The average Bonchev–Trinajstić information content (AvgIpc) is 2.39. The highest BCUT2D eigenvalue weighted by Crippen LogP contribution is 2.12. The van der Waals surface area contributed by atoms with Gasteiger partial charge in [-0.05, 0) is 18.6 Å². The third kappa shape index (κ3) is 5.81. The zero-order valence-electron chi connectivity index (χ0n) is 12.4. The summed E-state index contributed by atoms with van der Waals surface area (Å²) in [4.78, 5) is -0.139. The highest BCUT2D eigenvalue weighted by atomic mass is 32.2. The molecule has 0 unspecified atom stereocenters. The van der Waals surface area contributed by atoms with Crippen LogP contribution >= 0.6 is 0 Å². The van der Waals surface area contributed by atoms with Crippen LogP contribution in [0.3, 0.4) is 0 Å². The molecule has 2 rings (SSSR count). The molecule has 1 heterocycles. The summed E-state index contributed by atoms with van der Waals surface area (Å²) in [5.74, 6) is 0. The van der Waals surface area contributed by atoms with Gasteiger partial charge < -0.3 is 14.4 Å². The van der Waals surface area contributed by atoms with Gasteiger partial charge in [-0.2, -0.15) is 5.26 Å². The van der Waals surface area contributed by atoms with Crippen LogP contribution in [0.4, 0.5) is 0 Å². The largest absolute Gasteiger partial charge is 0.744 e. The highest BCUT2D eigenvalue weighted by molar-refractivity contribution is 7.85. The van der Waals surface area contributed by atoms with Gasteiger partial charge in [0.25, 0.3) is 0 Å². The van der Waals surface area contributed by atoms with Crippen molar-refractivity contribution in [2.24, 2.45) is 0 Å². The number of rotatable bonds is 2. The van der Waals surface area contributed by atoms with E-state index in [9.17, 15) is 13.0 Å². The Morgan fingerprint density at radius 3 is 2.33 bits per heavy atom. The predicted molar refractivity (Wildman–Crippen MR) is 78.4 cm³/mol. The Kier molecular flexibility index (Phi) is 6.30. The van der Waals surface area contributed by atoms with Gasteiger partial charge in [-0.1, -0.05) is 18.2 Å². The minimum Gasteiger partial charge on any atom is -0.744 e. The number of nitrogens with zero attached hydrogens (tertiary/aromatic N) is 2. The third-order valence-corrected chi connectivity index (χ3v) is 4.47. The van der Waals surface area contributed by atoms with Crippen LogP contribution in [0.15, 0.2) is 29.2 Å². The monoisotopic (exact) mass is 311 g/mol. The van der Waals surface area contributed by atoms with Crippen molar-refractivity contribution in [3.63, 3.8) is 0 Å². The lowest BCUT2D eigenvalue weighted by Gasteiger charge is -2.35. The number of benzene rings is 1. The van der Waals surface area contributed by atoms with Gasteiger partial charge >= 0.3 is 0 Å². The van der Waals surface area contributed by atoms with E-state index >= 15 is 0 Å². The number of hydrogen-bond donors (Lipinski definition) is 1. The van der Waals surface area contributed by atoms with Crippen molar-refractivity contribution in [3.05, 3.63) is 29.8 Å². The second-order valence-corrected chi connectivity index (χ2v) is 6.70. The zero-order valence-corrected chi connectivity index (χ0v) is 13.2. The molecule has 0 radical (unpaired) electrons. The average molecular weight is 311 g/mol. The van der Waals surface area contributed by atoms with E-state index in [-0.39, 0.29) is 4.90 Å². The van der Waals surface area contributed by atoms with E-state index in [1.165, 1.54) is 12.1 Å². The first kappa shape index (κ1) is 17.6. The van der Waals surface area contributed by atoms with Gasteiger partial charge in [-0.25, -0.2) is 8.42 Å². The van der Waals surface area contributed by atoms with E-state index in [4.69, 9.17) is 5.26 Å². The van der Waals surface area contributed by atoms with Crippen LogP contribution in [-0.4, -0.2) is 57.2 Å². The number of nitriles is 1. The van der Waals surface area contributed by atoms with Crippen molar-refractivity contribution in [1.82, 2.24) is 5.32 Å². The number of hydrogen-bond acceptors (Lipinski definition) is 5. The van der Waals surface area contributed by atoms with E-state index in [1.807, 2.05) is 0 Å². The molecule has 0 bridgehead atoms. The van der Waals surface area contributed by atoms with Crippen LogP contribution in [0, 0.1) is 18.3 Å². The smallest absolute Gasteiger partial charge is 0.166 e. The molecule has 1 aromatic rings. The first-order valence-corrected chi connectivity index (χ1v) is 8.12. The van der Waals surface area contributed by atoms with Crippen LogP contribution in [-0.2, 0) is 10.1 Å². The quantitative estimate of drug-likeness (QED) is 0.486. The fourth-order valence-electron chi connectivity index (χ4n) is 2.10. The van der Waals surface area contributed by atoms with Gasteiger partial charge in [0.2, 0.25) is 0 Å². The van der Waals surface area contributed by atoms with Gasteiger partial charge in [0, 0.05) is 13.1 Å². The van der Waals surface area contributed by atoms with Crippen LogP contribution in [0.2, 0.25) is 0 Å². The summed E-state index contributed by atoms with van der Waals surface area (Å²) in [6.07, 6.45) is 0. The molecule has 1 aromatic carbocycles. The first-order chi connectivity index (χ1) is 9.78.